The van der Waals surface area contributed by atoms with Gasteiger partial charge in [-0.25, -0.2) is 0 Å². The molecule has 2 aromatic carbocycles. The zero-order chi connectivity index (χ0) is 23.8. The number of hydrazine groups is 1. The van der Waals surface area contributed by atoms with Gasteiger partial charge in [0, 0.05) is 0 Å². The third kappa shape index (κ3) is 6.80. The van der Waals surface area contributed by atoms with Crippen LogP contribution in [0.1, 0.15) is 24.5 Å². The van der Waals surface area contributed by atoms with Crippen LogP contribution in [0.3, 0.4) is 0 Å². The fourth-order valence-corrected chi connectivity index (χ4v) is 4.09. The minimum Gasteiger partial charge on any atom is -0.490 e. The lowest BCUT2D eigenvalue weighted by atomic mass is 10.1. The van der Waals surface area contributed by atoms with E-state index in [4.69, 9.17) is 26.8 Å². The Morgan fingerprint density at radius 1 is 1.15 bits per heavy atom. The van der Waals surface area contributed by atoms with Gasteiger partial charge in [-0.1, -0.05) is 48.2 Å². The molecule has 2 N–H and O–H groups in total. The van der Waals surface area contributed by atoms with Gasteiger partial charge in [0.1, 0.15) is 0 Å². The predicted octanol–water partition coefficient (Wildman–Crippen LogP) is 3.41. The van der Waals surface area contributed by atoms with E-state index in [1.54, 1.807) is 24.3 Å². The first kappa shape index (κ1) is 24.3. The molecule has 0 spiro atoms. The van der Waals surface area contributed by atoms with Crippen LogP contribution in [0.25, 0.3) is 6.08 Å². The van der Waals surface area contributed by atoms with E-state index in [2.05, 4.69) is 5.43 Å². The highest BCUT2D eigenvalue weighted by Crippen LogP contribution is 2.34. The van der Waals surface area contributed by atoms with E-state index in [1.807, 2.05) is 37.3 Å². The first-order valence-corrected chi connectivity index (χ1v) is 11.3. The minimum absolute atomic E-state index is 0.0100. The number of carboxylic acids is 1. The third-order valence-electron chi connectivity index (χ3n) is 4.38. The molecule has 2 aromatic rings. The van der Waals surface area contributed by atoms with Gasteiger partial charge < -0.3 is 14.6 Å². The molecule has 172 valence electrons. The fourth-order valence-electron chi connectivity index (χ4n) is 2.91. The van der Waals surface area contributed by atoms with Crippen LogP contribution in [0.4, 0.5) is 0 Å². The standard InChI is InChI=1S/C23H22N2O6S2/c1-2-30-18-12-16(8-9-17(18)31-11-10-21(27)28)13-19-22(29)25(23(32)33-19)24-20(26)14-15-6-4-3-5-7-15/h3-9,12-13H,2,10-11,14H2,1H3,(H,24,26)(H,27,28)/b19-13+. The lowest BCUT2D eigenvalue weighted by Crippen LogP contribution is -2.45. The molecular formula is C23H22N2O6S2. The van der Waals surface area contributed by atoms with Crippen molar-refractivity contribution in [1.29, 1.82) is 0 Å². The number of ether oxygens (including phenoxy) is 2. The first-order chi connectivity index (χ1) is 15.9. The fraction of sp³-hybridized carbons (Fsp3) is 0.217. The summed E-state index contributed by atoms with van der Waals surface area (Å²) in [6.45, 7) is 2.21. The van der Waals surface area contributed by atoms with Gasteiger partial charge in [0.15, 0.2) is 15.8 Å². The van der Waals surface area contributed by atoms with Crippen molar-refractivity contribution in [2.45, 2.75) is 19.8 Å². The lowest BCUT2D eigenvalue weighted by molar-refractivity contribution is -0.137. The van der Waals surface area contributed by atoms with E-state index in [0.717, 1.165) is 22.3 Å². The maximum absolute atomic E-state index is 12.8. The highest BCUT2D eigenvalue weighted by atomic mass is 32.2. The summed E-state index contributed by atoms with van der Waals surface area (Å²) < 4.78 is 11.3. The molecule has 10 heteroatoms. The zero-order valence-electron chi connectivity index (χ0n) is 17.8. The van der Waals surface area contributed by atoms with Crippen LogP contribution in [0.2, 0.25) is 0 Å². The van der Waals surface area contributed by atoms with E-state index >= 15 is 0 Å². The summed E-state index contributed by atoms with van der Waals surface area (Å²) in [5, 5.41) is 9.84. The van der Waals surface area contributed by atoms with Crippen molar-refractivity contribution < 1.29 is 29.0 Å². The Hall–Kier alpha value is -3.37. The van der Waals surface area contributed by atoms with Gasteiger partial charge in [0.05, 0.1) is 31.0 Å². The number of benzene rings is 2. The van der Waals surface area contributed by atoms with Crippen molar-refractivity contribution in [2.24, 2.45) is 0 Å². The monoisotopic (exact) mass is 486 g/mol. The van der Waals surface area contributed by atoms with Crippen LogP contribution in [0, 0.1) is 0 Å². The van der Waals surface area contributed by atoms with Crippen LogP contribution in [0.5, 0.6) is 11.5 Å². The van der Waals surface area contributed by atoms with E-state index in [0.29, 0.717) is 28.6 Å². The number of thiocarbonyl (C=S) groups is 1. The first-order valence-electron chi connectivity index (χ1n) is 10.1. The molecule has 0 radical (unpaired) electrons. The molecule has 1 saturated heterocycles. The van der Waals surface area contributed by atoms with Crippen LogP contribution in [-0.2, 0) is 20.8 Å². The second-order valence-corrected chi connectivity index (χ2v) is 8.52. The predicted molar refractivity (Wildman–Crippen MR) is 129 cm³/mol. The van der Waals surface area contributed by atoms with Gasteiger partial charge in [-0.3, -0.25) is 19.8 Å². The van der Waals surface area contributed by atoms with Gasteiger partial charge in [-0.05, 0) is 48.5 Å². The van der Waals surface area contributed by atoms with Gasteiger partial charge in [-0.2, -0.15) is 5.01 Å². The van der Waals surface area contributed by atoms with E-state index in [-0.39, 0.29) is 29.7 Å². The molecule has 33 heavy (non-hydrogen) atoms. The number of hydrogen-bond acceptors (Lipinski definition) is 7. The maximum atomic E-state index is 12.8. The molecular weight excluding hydrogens is 464 g/mol. The Labute approximate surface area is 200 Å². The van der Waals surface area contributed by atoms with Gasteiger partial charge in [-0.15, -0.1) is 0 Å². The summed E-state index contributed by atoms with van der Waals surface area (Å²) in [5.74, 6) is -0.881. The Kier molecular flexibility index (Phi) is 8.45. The van der Waals surface area contributed by atoms with E-state index in [9.17, 15) is 14.4 Å². The average molecular weight is 487 g/mol. The number of hydrogen-bond donors (Lipinski definition) is 2. The molecule has 0 saturated carbocycles. The van der Waals surface area contributed by atoms with Crippen molar-refractivity contribution >= 4 is 52.2 Å². The highest BCUT2D eigenvalue weighted by molar-refractivity contribution is 8.26. The normalized spacial score (nSPS) is 14.5. The molecule has 0 unspecified atom stereocenters. The van der Waals surface area contributed by atoms with Gasteiger partial charge in [0.25, 0.3) is 5.91 Å². The maximum Gasteiger partial charge on any atom is 0.306 e. The molecule has 1 aliphatic heterocycles. The summed E-state index contributed by atoms with van der Waals surface area (Å²) in [4.78, 5) is 36.2. The van der Waals surface area contributed by atoms with Crippen LogP contribution in [0.15, 0.2) is 53.4 Å². The summed E-state index contributed by atoms with van der Waals surface area (Å²) in [6.07, 6.45) is 1.63. The summed E-state index contributed by atoms with van der Waals surface area (Å²) in [6, 6.07) is 14.3. The second kappa shape index (κ2) is 11.5. The number of aliphatic carboxylic acids is 1. The van der Waals surface area contributed by atoms with Crippen molar-refractivity contribution in [3.63, 3.8) is 0 Å². The van der Waals surface area contributed by atoms with Crippen molar-refractivity contribution in [2.75, 3.05) is 13.2 Å². The molecule has 1 heterocycles. The van der Waals surface area contributed by atoms with Gasteiger partial charge >= 0.3 is 5.97 Å². The van der Waals surface area contributed by atoms with Crippen LogP contribution < -0.4 is 14.9 Å². The number of carboxylic acid groups (broad SMARTS) is 1. The van der Waals surface area contributed by atoms with E-state index in [1.165, 1.54) is 0 Å². The Bertz CT molecular complexity index is 1090. The van der Waals surface area contributed by atoms with Crippen molar-refractivity contribution in [3.05, 3.63) is 64.6 Å². The van der Waals surface area contributed by atoms with Crippen molar-refractivity contribution in [3.8, 4) is 11.5 Å². The number of nitrogens with zero attached hydrogens (tertiary/aromatic N) is 1. The van der Waals surface area contributed by atoms with Crippen molar-refractivity contribution in [1.82, 2.24) is 10.4 Å². The molecule has 0 aliphatic carbocycles. The number of nitrogens with one attached hydrogen (secondary N) is 1. The third-order valence-corrected chi connectivity index (χ3v) is 5.68. The number of carbonyl (C=O) groups is 3. The lowest BCUT2D eigenvalue weighted by Gasteiger charge is -2.15. The molecule has 0 atom stereocenters. The second-order valence-electron chi connectivity index (χ2n) is 6.85. The molecule has 3 rings (SSSR count). The molecule has 0 aromatic heterocycles. The Morgan fingerprint density at radius 2 is 1.91 bits per heavy atom. The summed E-state index contributed by atoms with van der Waals surface area (Å²) in [5.41, 5.74) is 4.06. The zero-order valence-corrected chi connectivity index (χ0v) is 19.4. The topological polar surface area (TPSA) is 105 Å². The van der Waals surface area contributed by atoms with Gasteiger partial charge in [0.2, 0.25) is 5.91 Å². The molecule has 1 aliphatic rings. The molecule has 2 amide bonds. The van der Waals surface area contributed by atoms with E-state index < -0.39 is 11.9 Å². The average Bonchev–Trinajstić information content (AvgIpc) is 3.03. The van der Waals surface area contributed by atoms with Crippen LogP contribution >= 0.6 is 24.0 Å². The SMILES string of the molecule is CCOc1cc(/C=C2/SC(=S)N(NC(=O)Cc3ccccc3)C2=O)ccc1OCCC(=O)O. The van der Waals surface area contributed by atoms with Crippen LogP contribution in [-0.4, -0.2) is 45.4 Å². The summed E-state index contributed by atoms with van der Waals surface area (Å²) >= 11 is 6.35. The largest absolute Gasteiger partial charge is 0.490 e. The molecule has 8 nitrogen and oxygen atoms in total. The quantitative estimate of drug-likeness (QED) is 0.389. The summed E-state index contributed by atoms with van der Waals surface area (Å²) in [7, 11) is 0. The molecule has 1 fully saturated rings. The smallest absolute Gasteiger partial charge is 0.306 e. The molecule has 0 bridgehead atoms. The Morgan fingerprint density at radius 3 is 2.61 bits per heavy atom. The number of carbonyl (C=O) groups excluding carboxylic acids is 2. The number of rotatable bonds is 10. The highest BCUT2D eigenvalue weighted by Gasteiger charge is 2.33. The number of amides is 2. The minimum atomic E-state index is -0.956. The number of thioether (sulfide) groups is 1. The Balaban J connectivity index is 1.70.